The molecule has 0 bridgehead atoms. The molecule has 1 saturated carbocycles. The van der Waals surface area contributed by atoms with Gasteiger partial charge in [0.15, 0.2) is 0 Å². The fraction of sp³-hybridized carbons (Fsp3) is 0.591. The lowest BCUT2D eigenvalue weighted by Crippen LogP contribution is -2.40. The third-order valence-electron chi connectivity index (χ3n) is 4.48. The molecular formula is C22H33N3O. The maximum atomic E-state index is 12.6. The standard InChI is InChI=1S/C22H33N3O/c1-21(2,3)19(23-17-14-10-11-15-17)24-18(16-12-8-7-9-13-16)25-20(26)22(4,5)6/h7-9,12-13,17H,10-11,14-15H2,1-6H3,(H,23,24,25,26). The van der Waals surface area contributed by atoms with E-state index in [1.165, 1.54) is 12.8 Å². The van der Waals surface area contributed by atoms with Crippen molar-refractivity contribution in [2.45, 2.75) is 73.3 Å². The number of hydrogen-bond donors (Lipinski definition) is 1. The van der Waals surface area contributed by atoms with Crippen LogP contribution in [0.4, 0.5) is 0 Å². The summed E-state index contributed by atoms with van der Waals surface area (Å²) in [7, 11) is 0. The Balaban J connectivity index is 2.44. The predicted octanol–water partition coefficient (Wildman–Crippen LogP) is 4.98. The number of hydrogen-bond acceptors (Lipinski definition) is 2. The van der Waals surface area contributed by atoms with E-state index < -0.39 is 5.41 Å². The second-order valence-electron chi connectivity index (χ2n) is 9.17. The molecule has 1 aliphatic carbocycles. The number of amides is 1. The Morgan fingerprint density at radius 1 is 0.962 bits per heavy atom. The van der Waals surface area contributed by atoms with Gasteiger partial charge in [0.2, 0.25) is 5.91 Å². The summed E-state index contributed by atoms with van der Waals surface area (Å²) in [5.74, 6) is 1.34. The highest BCUT2D eigenvalue weighted by molar-refractivity contribution is 6.13. The number of rotatable bonds is 2. The molecule has 1 aromatic carbocycles. The van der Waals surface area contributed by atoms with Crippen molar-refractivity contribution in [3.8, 4) is 0 Å². The summed E-state index contributed by atoms with van der Waals surface area (Å²) in [5.41, 5.74) is 0.225. The zero-order valence-corrected chi connectivity index (χ0v) is 17.1. The number of aliphatic imine (C=N–C) groups is 2. The van der Waals surface area contributed by atoms with E-state index in [2.05, 4.69) is 26.1 Å². The average molecular weight is 356 g/mol. The second-order valence-corrected chi connectivity index (χ2v) is 9.17. The largest absolute Gasteiger partial charge is 0.310 e. The SMILES string of the molecule is CC(C)(C)C(=O)NC(=NC(=NC1CCCC1)C(C)(C)C)c1ccccc1. The van der Waals surface area contributed by atoms with Gasteiger partial charge in [-0.25, -0.2) is 4.99 Å². The normalized spacial score (nSPS) is 17.5. The van der Waals surface area contributed by atoms with Gasteiger partial charge >= 0.3 is 0 Å². The van der Waals surface area contributed by atoms with Crippen LogP contribution >= 0.6 is 0 Å². The molecule has 142 valence electrons. The second kappa shape index (κ2) is 8.15. The van der Waals surface area contributed by atoms with Crippen molar-refractivity contribution in [2.75, 3.05) is 0 Å². The predicted molar refractivity (Wildman–Crippen MR) is 110 cm³/mol. The highest BCUT2D eigenvalue weighted by Gasteiger charge is 2.26. The molecule has 1 N–H and O–H groups in total. The first-order valence-corrected chi connectivity index (χ1v) is 9.61. The minimum Gasteiger partial charge on any atom is -0.310 e. The molecular weight excluding hydrogens is 322 g/mol. The van der Waals surface area contributed by atoms with Crippen LogP contribution in [0.25, 0.3) is 0 Å². The van der Waals surface area contributed by atoms with Crippen molar-refractivity contribution >= 4 is 17.6 Å². The number of carbonyl (C=O) groups excluding carboxylic acids is 1. The summed E-state index contributed by atoms with van der Waals surface area (Å²) in [6, 6.07) is 10.2. The zero-order chi connectivity index (χ0) is 19.4. The van der Waals surface area contributed by atoms with Crippen LogP contribution in [0.5, 0.6) is 0 Å². The van der Waals surface area contributed by atoms with Crippen molar-refractivity contribution in [3.05, 3.63) is 35.9 Å². The molecule has 1 aromatic rings. The van der Waals surface area contributed by atoms with Gasteiger partial charge in [-0.3, -0.25) is 9.79 Å². The smallest absolute Gasteiger partial charge is 0.230 e. The van der Waals surface area contributed by atoms with Crippen LogP contribution in [0.15, 0.2) is 40.3 Å². The summed E-state index contributed by atoms with van der Waals surface area (Å²) in [6.45, 7) is 12.1. The Kier molecular flexibility index (Phi) is 6.38. The molecule has 0 aromatic heterocycles. The van der Waals surface area contributed by atoms with Crippen molar-refractivity contribution in [1.82, 2.24) is 5.32 Å². The maximum absolute atomic E-state index is 12.6. The van der Waals surface area contributed by atoms with Crippen LogP contribution in [-0.2, 0) is 4.79 Å². The maximum Gasteiger partial charge on any atom is 0.230 e. The number of benzene rings is 1. The number of carbonyl (C=O) groups is 1. The molecule has 0 atom stereocenters. The van der Waals surface area contributed by atoms with Crippen molar-refractivity contribution in [1.29, 1.82) is 0 Å². The van der Waals surface area contributed by atoms with E-state index in [0.717, 1.165) is 24.2 Å². The highest BCUT2D eigenvalue weighted by atomic mass is 16.2. The Morgan fingerprint density at radius 3 is 2.04 bits per heavy atom. The molecule has 1 fully saturated rings. The monoisotopic (exact) mass is 355 g/mol. The number of nitrogens with zero attached hydrogens (tertiary/aromatic N) is 2. The molecule has 4 nitrogen and oxygen atoms in total. The van der Waals surface area contributed by atoms with E-state index in [0.29, 0.717) is 11.9 Å². The van der Waals surface area contributed by atoms with E-state index in [1.54, 1.807) is 0 Å². The van der Waals surface area contributed by atoms with E-state index in [-0.39, 0.29) is 11.3 Å². The van der Waals surface area contributed by atoms with Gasteiger partial charge in [0.25, 0.3) is 0 Å². The zero-order valence-electron chi connectivity index (χ0n) is 17.1. The van der Waals surface area contributed by atoms with Crippen molar-refractivity contribution in [2.24, 2.45) is 20.8 Å². The van der Waals surface area contributed by atoms with Crippen LogP contribution in [0.3, 0.4) is 0 Å². The third-order valence-corrected chi connectivity index (χ3v) is 4.48. The number of nitrogens with one attached hydrogen (secondary N) is 1. The summed E-state index contributed by atoms with van der Waals surface area (Å²) in [6.07, 6.45) is 4.73. The van der Waals surface area contributed by atoms with Gasteiger partial charge in [-0.1, -0.05) is 84.7 Å². The highest BCUT2D eigenvalue weighted by Crippen LogP contribution is 2.25. The van der Waals surface area contributed by atoms with E-state index in [4.69, 9.17) is 9.98 Å². The Labute approximate surface area is 158 Å². The van der Waals surface area contributed by atoms with Gasteiger partial charge in [0.05, 0.1) is 6.04 Å². The van der Waals surface area contributed by atoms with Crippen molar-refractivity contribution in [3.63, 3.8) is 0 Å². The van der Waals surface area contributed by atoms with E-state index in [9.17, 15) is 4.79 Å². The third kappa shape index (κ3) is 5.79. The Morgan fingerprint density at radius 2 is 1.54 bits per heavy atom. The lowest BCUT2D eigenvalue weighted by atomic mass is 9.94. The lowest BCUT2D eigenvalue weighted by molar-refractivity contribution is -0.126. The van der Waals surface area contributed by atoms with Gasteiger partial charge in [0.1, 0.15) is 11.7 Å². The van der Waals surface area contributed by atoms with Gasteiger partial charge in [-0.05, 0) is 12.8 Å². The molecule has 2 rings (SSSR count). The first-order chi connectivity index (χ1) is 12.1. The first-order valence-electron chi connectivity index (χ1n) is 9.61. The number of amidine groups is 2. The molecule has 4 heteroatoms. The topological polar surface area (TPSA) is 53.8 Å². The molecule has 0 unspecified atom stereocenters. The minimum atomic E-state index is -0.486. The van der Waals surface area contributed by atoms with Gasteiger partial charge < -0.3 is 5.32 Å². The van der Waals surface area contributed by atoms with E-state index >= 15 is 0 Å². The molecule has 0 saturated heterocycles. The molecule has 1 aliphatic rings. The summed E-state index contributed by atoms with van der Waals surface area (Å²) >= 11 is 0. The lowest BCUT2D eigenvalue weighted by Gasteiger charge is -2.23. The molecule has 0 spiro atoms. The van der Waals surface area contributed by atoms with E-state index in [1.807, 2.05) is 51.1 Å². The molecule has 0 aliphatic heterocycles. The van der Waals surface area contributed by atoms with Crippen LogP contribution < -0.4 is 5.32 Å². The van der Waals surface area contributed by atoms with Crippen molar-refractivity contribution < 1.29 is 4.79 Å². The molecule has 26 heavy (non-hydrogen) atoms. The fourth-order valence-corrected chi connectivity index (χ4v) is 2.76. The molecule has 1 amide bonds. The average Bonchev–Trinajstić information content (AvgIpc) is 3.05. The van der Waals surface area contributed by atoms with Gasteiger partial charge in [-0.2, -0.15) is 0 Å². The summed E-state index contributed by atoms with van der Waals surface area (Å²) in [4.78, 5) is 22.4. The fourth-order valence-electron chi connectivity index (χ4n) is 2.76. The quantitative estimate of drug-likeness (QED) is 0.590. The van der Waals surface area contributed by atoms with Crippen LogP contribution in [-0.4, -0.2) is 23.6 Å². The van der Waals surface area contributed by atoms with Crippen LogP contribution in [0.2, 0.25) is 0 Å². The minimum absolute atomic E-state index is 0.0470. The summed E-state index contributed by atoms with van der Waals surface area (Å²) < 4.78 is 0. The first kappa shape index (κ1) is 20.3. The molecule has 0 heterocycles. The Bertz CT molecular complexity index is 670. The van der Waals surface area contributed by atoms with Gasteiger partial charge in [-0.15, -0.1) is 0 Å². The van der Waals surface area contributed by atoms with Crippen LogP contribution in [0, 0.1) is 10.8 Å². The van der Waals surface area contributed by atoms with Crippen LogP contribution in [0.1, 0.15) is 72.8 Å². The van der Waals surface area contributed by atoms with Gasteiger partial charge in [0, 0.05) is 16.4 Å². The summed E-state index contributed by atoms with van der Waals surface area (Å²) in [5, 5.41) is 3.03. The molecule has 0 radical (unpaired) electrons. The Hall–Kier alpha value is -1.97.